The van der Waals surface area contributed by atoms with E-state index in [1.54, 1.807) is 0 Å². The average Bonchev–Trinajstić information content (AvgIpc) is 2.31. The summed E-state index contributed by atoms with van der Waals surface area (Å²) in [5.41, 5.74) is 2.50. The van der Waals surface area contributed by atoms with E-state index in [2.05, 4.69) is 43.3 Å². The Labute approximate surface area is 90.4 Å². The Kier molecular flexibility index (Phi) is 2.52. The smallest absolute Gasteiger partial charge is 0.140 e. The molecule has 2 heteroatoms. The first kappa shape index (κ1) is 9.87. The number of rotatable bonds is 2. The largest absolute Gasteiger partial charge is 0.264 e. The molecule has 2 aromatic rings. The van der Waals surface area contributed by atoms with E-state index in [9.17, 15) is 0 Å². The summed E-state index contributed by atoms with van der Waals surface area (Å²) in [6.45, 7) is 0. The zero-order valence-electron chi connectivity index (χ0n) is 9.09. The van der Waals surface area contributed by atoms with Crippen LogP contribution in [0.5, 0.6) is 0 Å². The van der Waals surface area contributed by atoms with Gasteiger partial charge in [0.1, 0.15) is 11.4 Å². The van der Waals surface area contributed by atoms with Crippen LogP contribution in [-0.2, 0) is 0 Å². The van der Waals surface area contributed by atoms with Crippen LogP contribution in [0.4, 0.5) is 11.4 Å². The summed E-state index contributed by atoms with van der Waals surface area (Å²) >= 11 is 0. The minimum absolute atomic E-state index is 0.739. The highest BCUT2D eigenvalue weighted by molar-refractivity contribution is 5.56. The van der Waals surface area contributed by atoms with Gasteiger partial charge in [0.25, 0.3) is 0 Å². The van der Waals surface area contributed by atoms with Gasteiger partial charge < -0.3 is 0 Å². The lowest BCUT2D eigenvalue weighted by molar-refractivity contribution is 0.554. The second-order valence-electron chi connectivity index (χ2n) is 3.99. The molecule has 0 spiro atoms. The van der Waals surface area contributed by atoms with Crippen molar-refractivity contribution in [1.29, 1.82) is 0 Å². The first-order valence-corrected chi connectivity index (χ1v) is 5.01. The molecule has 2 nitrogen and oxygen atoms in total. The van der Waals surface area contributed by atoms with Gasteiger partial charge in [0.2, 0.25) is 0 Å². The lowest BCUT2D eigenvalue weighted by atomic mass is 10.2. The minimum Gasteiger partial charge on any atom is -0.264 e. The first-order chi connectivity index (χ1) is 7.21. The number of aromatic nitrogens is 1. The second-order valence-corrected chi connectivity index (χ2v) is 3.99. The van der Waals surface area contributed by atoms with E-state index in [0.29, 0.717) is 0 Å². The Morgan fingerprint density at radius 3 is 1.93 bits per heavy atom. The van der Waals surface area contributed by atoms with Crippen molar-refractivity contribution in [3.8, 4) is 0 Å². The monoisotopic (exact) mass is 199 g/mol. The molecule has 76 valence electrons. The Morgan fingerprint density at radius 1 is 0.800 bits per heavy atom. The van der Waals surface area contributed by atoms with Crippen LogP contribution in [0.15, 0.2) is 54.9 Å². The molecule has 0 aliphatic rings. The Hall–Kier alpha value is -1.67. The Bertz CT molecular complexity index is 379. The maximum Gasteiger partial charge on any atom is 0.140 e. The van der Waals surface area contributed by atoms with E-state index >= 15 is 0 Å². The van der Waals surface area contributed by atoms with Gasteiger partial charge in [-0.3, -0.25) is 9.47 Å². The molecule has 0 radical (unpaired) electrons. The molecule has 0 fully saturated rings. The SMILES string of the molecule is C[N+](C)(c1ccccc1)c1ccncc1. The molecule has 0 bridgehead atoms. The zero-order valence-corrected chi connectivity index (χ0v) is 9.09. The van der Waals surface area contributed by atoms with Crippen LogP contribution in [0.3, 0.4) is 0 Å². The van der Waals surface area contributed by atoms with E-state index in [1.165, 1.54) is 11.4 Å². The molecule has 0 saturated heterocycles. The highest BCUT2D eigenvalue weighted by Crippen LogP contribution is 2.28. The minimum atomic E-state index is 0.739. The highest BCUT2D eigenvalue weighted by Gasteiger charge is 2.21. The number of para-hydroxylation sites is 1. The van der Waals surface area contributed by atoms with Gasteiger partial charge >= 0.3 is 0 Å². The van der Waals surface area contributed by atoms with Crippen molar-refractivity contribution in [3.05, 3.63) is 54.9 Å². The topological polar surface area (TPSA) is 12.9 Å². The molecule has 0 unspecified atom stereocenters. The van der Waals surface area contributed by atoms with Crippen molar-refractivity contribution in [2.45, 2.75) is 0 Å². The van der Waals surface area contributed by atoms with Gasteiger partial charge in [0.15, 0.2) is 0 Å². The van der Waals surface area contributed by atoms with Gasteiger partial charge in [-0.15, -0.1) is 0 Å². The van der Waals surface area contributed by atoms with Crippen LogP contribution in [-0.4, -0.2) is 19.1 Å². The lowest BCUT2D eigenvalue weighted by Crippen LogP contribution is -2.34. The number of quaternary nitrogens is 1. The molecule has 0 aliphatic carbocycles. The summed E-state index contributed by atoms with van der Waals surface area (Å²) in [6, 6.07) is 14.5. The Balaban J connectivity index is 2.44. The lowest BCUT2D eigenvalue weighted by Gasteiger charge is -2.28. The number of pyridine rings is 1. The van der Waals surface area contributed by atoms with E-state index in [1.807, 2.05) is 30.6 Å². The fourth-order valence-electron chi connectivity index (χ4n) is 1.67. The van der Waals surface area contributed by atoms with Crippen LogP contribution in [0.25, 0.3) is 0 Å². The highest BCUT2D eigenvalue weighted by atomic mass is 15.3. The van der Waals surface area contributed by atoms with Crippen LogP contribution in [0, 0.1) is 0 Å². The second kappa shape index (κ2) is 3.83. The third-order valence-corrected chi connectivity index (χ3v) is 2.71. The fourth-order valence-corrected chi connectivity index (χ4v) is 1.67. The van der Waals surface area contributed by atoms with E-state index in [0.717, 1.165) is 4.48 Å². The predicted octanol–water partition coefficient (Wildman–Crippen LogP) is 2.98. The molecule has 1 aromatic carbocycles. The van der Waals surface area contributed by atoms with Gasteiger partial charge in [-0.25, -0.2) is 0 Å². The van der Waals surface area contributed by atoms with Crippen molar-refractivity contribution in [2.75, 3.05) is 14.1 Å². The summed E-state index contributed by atoms with van der Waals surface area (Å²) in [6.07, 6.45) is 3.66. The summed E-state index contributed by atoms with van der Waals surface area (Å²) in [7, 11) is 4.34. The Morgan fingerprint density at radius 2 is 1.33 bits per heavy atom. The van der Waals surface area contributed by atoms with Crippen LogP contribution in [0.2, 0.25) is 0 Å². The number of hydrogen-bond acceptors (Lipinski definition) is 1. The van der Waals surface area contributed by atoms with E-state index < -0.39 is 0 Å². The summed E-state index contributed by atoms with van der Waals surface area (Å²) < 4.78 is 0.739. The molecular weight excluding hydrogens is 184 g/mol. The maximum atomic E-state index is 4.04. The van der Waals surface area contributed by atoms with Gasteiger partial charge in [0.05, 0.1) is 14.1 Å². The maximum absolute atomic E-state index is 4.04. The number of benzene rings is 1. The molecule has 15 heavy (non-hydrogen) atoms. The quantitative estimate of drug-likeness (QED) is 0.677. The molecule has 0 N–H and O–H groups in total. The molecule has 0 atom stereocenters. The van der Waals surface area contributed by atoms with Crippen molar-refractivity contribution >= 4 is 11.4 Å². The zero-order chi connectivity index (χ0) is 10.7. The van der Waals surface area contributed by atoms with E-state index in [-0.39, 0.29) is 0 Å². The number of nitrogens with zero attached hydrogens (tertiary/aromatic N) is 2. The third kappa shape index (κ3) is 1.90. The summed E-state index contributed by atoms with van der Waals surface area (Å²) in [5.74, 6) is 0. The van der Waals surface area contributed by atoms with Crippen molar-refractivity contribution in [1.82, 2.24) is 9.47 Å². The molecule has 0 amide bonds. The predicted molar refractivity (Wildman–Crippen MR) is 64.0 cm³/mol. The normalized spacial score (nSPS) is 11.3. The standard InChI is InChI=1S/C13H15N2/c1-15(2,12-6-4-3-5-7-12)13-8-10-14-11-9-13/h3-11H,1-2H3/q+1. The van der Waals surface area contributed by atoms with Crippen LogP contribution in [0.1, 0.15) is 0 Å². The van der Waals surface area contributed by atoms with E-state index in [4.69, 9.17) is 0 Å². The molecule has 0 saturated carbocycles. The average molecular weight is 199 g/mol. The third-order valence-electron chi connectivity index (χ3n) is 2.71. The molecular formula is C13H15N2+. The van der Waals surface area contributed by atoms with Gasteiger partial charge in [0, 0.05) is 24.5 Å². The molecule has 0 aliphatic heterocycles. The van der Waals surface area contributed by atoms with Crippen LogP contribution >= 0.6 is 0 Å². The molecule has 2 rings (SSSR count). The number of hydrogen-bond donors (Lipinski definition) is 0. The fraction of sp³-hybridized carbons (Fsp3) is 0.154. The van der Waals surface area contributed by atoms with Gasteiger partial charge in [-0.05, 0) is 12.1 Å². The first-order valence-electron chi connectivity index (χ1n) is 5.01. The van der Waals surface area contributed by atoms with Crippen molar-refractivity contribution in [3.63, 3.8) is 0 Å². The van der Waals surface area contributed by atoms with Crippen LogP contribution < -0.4 is 4.48 Å². The summed E-state index contributed by atoms with van der Waals surface area (Å²) in [4.78, 5) is 4.04. The summed E-state index contributed by atoms with van der Waals surface area (Å²) in [5, 5.41) is 0. The van der Waals surface area contributed by atoms with Crippen molar-refractivity contribution in [2.24, 2.45) is 0 Å². The van der Waals surface area contributed by atoms with Crippen molar-refractivity contribution < 1.29 is 0 Å². The van der Waals surface area contributed by atoms with Gasteiger partial charge in [-0.1, -0.05) is 18.2 Å². The van der Waals surface area contributed by atoms with Gasteiger partial charge in [-0.2, -0.15) is 0 Å². The molecule has 1 aromatic heterocycles. The molecule has 1 heterocycles.